The first kappa shape index (κ1) is 32.3. The molecule has 0 radical (unpaired) electrons. The third kappa shape index (κ3) is 6.46. The number of nitrogens with zero attached hydrogens (tertiary/aromatic N) is 2. The van der Waals surface area contributed by atoms with Crippen LogP contribution in [-0.2, 0) is 24.4 Å². The second kappa shape index (κ2) is 12.0. The van der Waals surface area contributed by atoms with Gasteiger partial charge < -0.3 is 36.4 Å². The van der Waals surface area contributed by atoms with Gasteiger partial charge in [-0.05, 0) is 55.8 Å². The lowest BCUT2D eigenvalue weighted by Gasteiger charge is -2.44. The van der Waals surface area contributed by atoms with Gasteiger partial charge in [-0.3, -0.25) is 19.4 Å². The van der Waals surface area contributed by atoms with Crippen molar-refractivity contribution in [2.24, 2.45) is 5.14 Å². The van der Waals surface area contributed by atoms with E-state index in [1.807, 2.05) is 0 Å². The summed E-state index contributed by atoms with van der Waals surface area (Å²) < 4.78 is 22.0. The number of aliphatic carboxylic acids is 1. The van der Waals surface area contributed by atoms with Gasteiger partial charge in [0.05, 0.1) is 11.1 Å². The first-order valence-corrected chi connectivity index (χ1v) is 15.9. The summed E-state index contributed by atoms with van der Waals surface area (Å²) >= 11 is 1.23. The molecule has 2 fully saturated rings. The zero-order chi connectivity index (χ0) is 33.6. The topological polar surface area (TPSA) is 266 Å². The molecule has 5 rings (SSSR count). The van der Waals surface area contributed by atoms with Gasteiger partial charge in [-0.25, -0.2) is 28.1 Å². The van der Waals surface area contributed by atoms with Crippen molar-refractivity contribution in [3.63, 3.8) is 0 Å². The van der Waals surface area contributed by atoms with Crippen LogP contribution < -0.4 is 32.0 Å². The van der Waals surface area contributed by atoms with Crippen LogP contribution in [-0.4, -0.2) is 79.5 Å². The van der Waals surface area contributed by atoms with Crippen LogP contribution in [0.2, 0.25) is 0 Å². The van der Waals surface area contributed by atoms with Crippen molar-refractivity contribution in [1.82, 2.24) is 25.5 Å². The smallest absolute Gasteiger partial charge is 0.327 e. The number of urea groups is 1. The maximum Gasteiger partial charge on any atom is 0.327 e. The van der Waals surface area contributed by atoms with Gasteiger partial charge in [0.2, 0.25) is 27.8 Å². The molecule has 0 unspecified atom stereocenters. The van der Waals surface area contributed by atoms with E-state index in [0.29, 0.717) is 5.69 Å². The molecule has 2 aliphatic rings. The van der Waals surface area contributed by atoms with Crippen LogP contribution in [0.15, 0.2) is 64.4 Å². The molecule has 0 bridgehead atoms. The number of hydrogen-bond donors (Lipinski definition) is 8. The number of primary sulfonamides is 1. The number of β-lactam (4-membered cyclic amide) rings is 1. The number of rotatable bonds is 9. The number of carboxylic acids is 1. The number of phenols is 1. The Bertz CT molecular complexity index is 1880. The third-order valence-electron chi connectivity index (χ3n) is 7.23. The Hall–Kier alpha value is -5.14. The number of amides is 4. The predicted octanol–water partition coefficient (Wildman–Crippen LogP) is 0.361. The molecule has 0 spiro atoms. The number of nitrogens with two attached hydrogens (primary N) is 1. The maximum absolute atomic E-state index is 13.5. The molecule has 4 amide bonds. The van der Waals surface area contributed by atoms with Crippen molar-refractivity contribution in [3.8, 4) is 5.75 Å². The number of anilines is 3. The minimum absolute atomic E-state index is 0.0297. The minimum atomic E-state index is -3.89. The third-order valence-corrected chi connectivity index (χ3v) is 9.73. The minimum Gasteiger partial charge on any atom is -0.508 e. The molecular weight excluding hydrogens is 644 g/mol. The van der Waals surface area contributed by atoms with Crippen molar-refractivity contribution in [1.29, 1.82) is 0 Å². The number of aromatic amines is 1. The van der Waals surface area contributed by atoms with Crippen molar-refractivity contribution >= 4 is 62.9 Å². The van der Waals surface area contributed by atoms with Crippen LogP contribution >= 0.6 is 11.8 Å². The highest BCUT2D eigenvalue weighted by molar-refractivity contribution is 8.01. The summed E-state index contributed by atoms with van der Waals surface area (Å²) in [5, 5.41) is 33.9. The van der Waals surface area contributed by atoms with Crippen LogP contribution in [0.1, 0.15) is 25.5 Å². The number of carboxylic acid groups (broad SMARTS) is 1. The molecule has 19 heteroatoms. The van der Waals surface area contributed by atoms with E-state index in [4.69, 9.17) is 5.14 Å². The molecule has 0 saturated carbocycles. The van der Waals surface area contributed by atoms with Gasteiger partial charge in [0.15, 0.2) is 0 Å². The average molecular weight is 673 g/mol. The predicted molar refractivity (Wildman–Crippen MR) is 165 cm³/mol. The zero-order valence-corrected chi connectivity index (χ0v) is 25.7. The standard InChI is InChI=1S/C27H28N8O9S2/c1-27(2)19(24(40)41)35-22(39)18(23(35)45-27)32-21(38)17(12-3-7-14(36)8-4-12)33-26(42)31-16-11-29-25(34-20(16)37)30-13-5-9-15(10-6-13)46(28,43)44/h3-11,17-19,23,36H,1-2H3,(H,32,38)(H,40,41)(H2,28,43,44)(H2,31,33,42)(H2,29,30,34,37)/t17-,18+,19-,23+/m0/s1. The van der Waals surface area contributed by atoms with E-state index in [-0.39, 0.29) is 27.8 Å². The van der Waals surface area contributed by atoms with Crippen LogP contribution in [0.25, 0.3) is 0 Å². The summed E-state index contributed by atoms with van der Waals surface area (Å²) in [6.07, 6.45) is 1.05. The molecule has 9 N–H and O–H groups in total. The summed E-state index contributed by atoms with van der Waals surface area (Å²) in [7, 11) is -3.89. The van der Waals surface area contributed by atoms with E-state index in [9.17, 15) is 42.6 Å². The number of thioether (sulfide) groups is 1. The molecule has 0 aliphatic carbocycles. The van der Waals surface area contributed by atoms with Gasteiger partial charge in [0.25, 0.3) is 5.56 Å². The summed E-state index contributed by atoms with van der Waals surface area (Å²) in [5.41, 5.74) is -0.445. The second-order valence-corrected chi connectivity index (χ2v) is 14.2. The van der Waals surface area contributed by atoms with Crippen molar-refractivity contribution in [2.45, 2.75) is 47.0 Å². The number of carbonyl (C=O) groups is 4. The fraction of sp³-hybridized carbons (Fsp3) is 0.259. The van der Waals surface area contributed by atoms with E-state index < -0.39 is 67.6 Å². The number of hydrogen-bond acceptors (Lipinski definition) is 11. The molecular formula is C27H28N8O9S2. The fourth-order valence-corrected chi connectivity index (χ4v) is 7.19. The molecule has 2 saturated heterocycles. The first-order chi connectivity index (χ1) is 21.5. The Labute approximate surface area is 265 Å². The quantitative estimate of drug-likeness (QED) is 0.143. The number of benzene rings is 2. The molecule has 3 aromatic rings. The largest absolute Gasteiger partial charge is 0.508 e. The molecule has 2 aromatic carbocycles. The van der Waals surface area contributed by atoms with Gasteiger partial charge in [-0.15, -0.1) is 11.8 Å². The van der Waals surface area contributed by atoms with E-state index in [0.717, 1.165) is 6.20 Å². The number of sulfonamides is 1. The van der Waals surface area contributed by atoms with Gasteiger partial charge in [0.1, 0.15) is 34.9 Å². The van der Waals surface area contributed by atoms with Gasteiger partial charge >= 0.3 is 12.0 Å². The Morgan fingerprint density at radius 1 is 1.09 bits per heavy atom. The molecule has 1 aromatic heterocycles. The lowest BCUT2D eigenvalue weighted by molar-refractivity contribution is -0.161. The van der Waals surface area contributed by atoms with Crippen LogP contribution in [0, 0.1) is 0 Å². The molecule has 2 aliphatic heterocycles. The average Bonchev–Trinajstić information content (AvgIpc) is 3.24. The Kier molecular flexibility index (Phi) is 8.41. The Balaban J connectivity index is 1.28. The van der Waals surface area contributed by atoms with E-state index in [1.54, 1.807) is 13.8 Å². The molecule has 4 atom stereocenters. The van der Waals surface area contributed by atoms with Crippen molar-refractivity contribution in [3.05, 3.63) is 70.6 Å². The van der Waals surface area contributed by atoms with Gasteiger partial charge in [-0.1, -0.05) is 12.1 Å². The van der Waals surface area contributed by atoms with Crippen molar-refractivity contribution in [2.75, 3.05) is 10.6 Å². The van der Waals surface area contributed by atoms with Gasteiger partial charge in [0, 0.05) is 10.4 Å². The summed E-state index contributed by atoms with van der Waals surface area (Å²) in [4.78, 5) is 71.4. The number of fused-ring (bicyclic) bond motifs is 1. The lowest BCUT2D eigenvalue weighted by Crippen LogP contribution is -2.71. The summed E-state index contributed by atoms with van der Waals surface area (Å²) in [5.74, 6) is -2.67. The number of H-pyrrole nitrogens is 1. The summed E-state index contributed by atoms with van der Waals surface area (Å²) in [6.45, 7) is 3.39. The van der Waals surface area contributed by atoms with Crippen LogP contribution in [0.4, 0.5) is 22.1 Å². The fourth-order valence-electron chi connectivity index (χ4n) is 5.05. The normalized spacial score (nSPS) is 20.5. The second-order valence-electron chi connectivity index (χ2n) is 10.9. The highest BCUT2D eigenvalue weighted by Crippen LogP contribution is 2.50. The monoisotopic (exact) mass is 672 g/mol. The van der Waals surface area contributed by atoms with E-state index in [1.165, 1.54) is 65.2 Å². The zero-order valence-electron chi connectivity index (χ0n) is 24.0. The Morgan fingerprint density at radius 2 is 1.74 bits per heavy atom. The number of nitrogens with one attached hydrogen (secondary N) is 5. The van der Waals surface area contributed by atoms with Crippen LogP contribution in [0.3, 0.4) is 0 Å². The van der Waals surface area contributed by atoms with Crippen molar-refractivity contribution < 1.29 is 37.8 Å². The molecule has 242 valence electrons. The van der Waals surface area contributed by atoms with E-state index in [2.05, 4.69) is 31.2 Å². The maximum atomic E-state index is 13.5. The molecule has 17 nitrogen and oxygen atoms in total. The number of phenolic OH excluding ortho intramolecular Hbond substituents is 1. The highest BCUT2D eigenvalue weighted by atomic mass is 32.2. The molecule has 46 heavy (non-hydrogen) atoms. The summed E-state index contributed by atoms with van der Waals surface area (Å²) in [6, 6.07) is 6.16. The SMILES string of the molecule is CC1(C)S[C@@H]2[C@H](NC(=O)[C@@H](NC(=O)Nc3cnc(Nc4ccc(S(N)(=O)=O)cc4)[nH]c3=O)c3ccc(O)cc3)C(=O)N2[C@H]1C(=O)O. The van der Waals surface area contributed by atoms with Gasteiger partial charge in [-0.2, -0.15) is 0 Å². The van der Waals surface area contributed by atoms with Crippen LogP contribution in [0.5, 0.6) is 5.75 Å². The highest BCUT2D eigenvalue weighted by Gasteiger charge is 2.64. The number of aromatic hydroxyl groups is 1. The van der Waals surface area contributed by atoms with E-state index >= 15 is 0 Å². The lowest BCUT2D eigenvalue weighted by atomic mass is 9.95. The molecule has 3 heterocycles. The Morgan fingerprint density at radius 3 is 2.33 bits per heavy atom. The number of carbonyl (C=O) groups excluding carboxylic acids is 3. The number of aromatic nitrogens is 2. The first-order valence-electron chi connectivity index (χ1n) is 13.4.